The van der Waals surface area contributed by atoms with Crippen LogP contribution in [0.5, 0.6) is 0 Å². The van der Waals surface area contributed by atoms with Crippen molar-refractivity contribution in [3.63, 3.8) is 0 Å². The number of aliphatic hydroxyl groups is 1. The Hall–Kier alpha value is -1.11. The number of carbonyl (C=O) groups excluding carboxylic acids is 1. The van der Waals surface area contributed by atoms with Crippen LogP contribution in [0.4, 0.5) is 4.79 Å². The van der Waals surface area contributed by atoms with Gasteiger partial charge in [-0.2, -0.15) is 0 Å². The van der Waals surface area contributed by atoms with Gasteiger partial charge in [-0.1, -0.05) is 6.07 Å². The van der Waals surface area contributed by atoms with Gasteiger partial charge in [-0.05, 0) is 36.8 Å². The molecule has 1 aliphatic heterocycles. The first kappa shape index (κ1) is 16.3. The Labute approximate surface area is 130 Å². The number of nitrogens with zero attached hydrogens (tertiary/aromatic N) is 2. The highest BCUT2D eigenvalue weighted by Crippen LogP contribution is 2.19. The lowest BCUT2D eigenvalue weighted by Crippen LogP contribution is -2.44. The van der Waals surface area contributed by atoms with Crippen molar-refractivity contribution in [2.45, 2.75) is 19.4 Å². The quantitative estimate of drug-likeness (QED) is 0.839. The third-order valence-electron chi connectivity index (χ3n) is 3.89. The fourth-order valence-electron chi connectivity index (χ4n) is 2.70. The van der Waals surface area contributed by atoms with Crippen molar-refractivity contribution in [3.8, 4) is 0 Å². The number of piperidine rings is 1. The molecule has 1 fully saturated rings. The molecule has 1 aromatic heterocycles. The van der Waals surface area contributed by atoms with E-state index in [0.29, 0.717) is 12.5 Å². The molecule has 1 saturated heterocycles. The number of likely N-dealkylation sites (N-methyl/N-ethyl adjacent to an activating group) is 1. The lowest BCUT2D eigenvalue weighted by molar-refractivity contribution is 0.160. The molecular weight excluding hydrogens is 286 g/mol. The third-order valence-corrected chi connectivity index (χ3v) is 4.75. The summed E-state index contributed by atoms with van der Waals surface area (Å²) in [5.41, 5.74) is 0. The summed E-state index contributed by atoms with van der Waals surface area (Å²) in [6.45, 7) is 4.31. The topological polar surface area (TPSA) is 55.8 Å². The van der Waals surface area contributed by atoms with Crippen LogP contribution in [0.2, 0.25) is 0 Å². The van der Waals surface area contributed by atoms with Gasteiger partial charge < -0.3 is 15.3 Å². The third kappa shape index (κ3) is 5.30. The molecule has 1 unspecified atom stereocenters. The Morgan fingerprint density at radius 1 is 1.62 bits per heavy atom. The second kappa shape index (κ2) is 8.36. The maximum absolute atomic E-state index is 11.8. The molecule has 5 nitrogen and oxygen atoms in total. The van der Waals surface area contributed by atoms with Crippen molar-refractivity contribution < 1.29 is 9.90 Å². The molecule has 0 bridgehead atoms. The Kier molecular flexibility index (Phi) is 6.48. The molecule has 2 heterocycles. The molecule has 6 heteroatoms. The van der Waals surface area contributed by atoms with E-state index in [2.05, 4.69) is 27.7 Å². The normalized spacial score (nSPS) is 19.4. The number of carbonyl (C=O) groups is 1. The van der Waals surface area contributed by atoms with Crippen LogP contribution in [-0.2, 0) is 6.54 Å². The zero-order chi connectivity index (χ0) is 15.1. The largest absolute Gasteiger partial charge is 0.395 e. The van der Waals surface area contributed by atoms with Gasteiger partial charge in [-0.25, -0.2) is 4.79 Å². The van der Waals surface area contributed by atoms with E-state index < -0.39 is 0 Å². The monoisotopic (exact) mass is 311 g/mol. The summed E-state index contributed by atoms with van der Waals surface area (Å²) in [4.78, 5) is 17.2. The van der Waals surface area contributed by atoms with Gasteiger partial charge in [-0.15, -0.1) is 11.3 Å². The van der Waals surface area contributed by atoms with Crippen LogP contribution in [0, 0.1) is 5.92 Å². The van der Waals surface area contributed by atoms with Crippen LogP contribution in [0.1, 0.15) is 17.7 Å². The molecular formula is C15H25N3O2S. The first-order valence-electron chi connectivity index (χ1n) is 7.53. The molecule has 0 aliphatic carbocycles. The second-order valence-corrected chi connectivity index (χ2v) is 6.69. The fraction of sp³-hybridized carbons (Fsp3) is 0.667. The van der Waals surface area contributed by atoms with Crippen molar-refractivity contribution in [1.82, 2.24) is 15.1 Å². The minimum Gasteiger partial charge on any atom is -0.395 e. The van der Waals surface area contributed by atoms with Crippen LogP contribution >= 0.6 is 11.3 Å². The van der Waals surface area contributed by atoms with Crippen molar-refractivity contribution in [2.24, 2.45) is 5.92 Å². The second-order valence-electron chi connectivity index (χ2n) is 5.65. The minimum absolute atomic E-state index is 0.00192. The van der Waals surface area contributed by atoms with E-state index in [1.165, 1.54) is 22.6 Å². The average molecular weight is 311 g/mol. The first-order valence-corrected chi connectivity index (χ1v) is 8.41. The van der Waals surface area contributed by atoms with Crippen molar-refractivity contribution in [2.75, 3.05) is 39.8 Å². The van der Waals surface area contributed by atoms with E-state index >= 15 is 0 Å². The molecule has 0 radical (unpaired) electrons. The Bertz CT molecular complexity index is 425. The predicted octanol–water partition coefficient (Wildman–Crippen LogP) is 1.59. The van der Waals surface area contributed by atoms with Crippen molar-refractivity contribution in [1.29, 1.82) is 0 Å². The van der Waals surface area contributed by atoms with Crippen molar-refractivity contribution in [3.05, 3.63) is 22.4 Å². The highest BCUT2D eigenvalue weighted by Gasteiger charge is 2.21. The van der Waals surface area contributed by atoms with Crippen molar-refractivity contribution >= 4 is 17.4 Å². The van der Waals surface area contributed by atoms with Gasteiger partial charge >= 0.3 is 6.03 Å². The number of urea groups is 1. The van der Waals surface area contributed by atoms with Gasteiger partial charge in [0.2, 0.25) is 0 Å². The molecule has 2 N–H and O–H groups in total. The van der Waals surface area contributed by atoms with Crippen LogP contribution < -0.4 is 5.32 Å². The predicted molar refractivity (Wildman–Crippen MR) is 85.4 cm³/mol. The summed E-state index contributed by atoms with van der Waals surface area (Å²) < 4.78 is 0. The van der Waals surface area contributed by atoms with Crippen LogP contribution in [-0.4, -0.2) is 60.8 Å². The zero-order valence-electron chi connectivity index (χ0n) is 12.6. The number of likely N-dealkylation sites (tertiary alicyclic amines) is 1. The number of rotatable bonds is 6. The molecule has 1 atom stereocenters. The standard InChI is InChI=1S/C15H25N3O2S/c1-17(7-8-19)15(20)16-10-13-4-2-6-18(11-13)12-14-5-3-9-21-14/h3,5,9,13,19H,2,4,6-8,10-12H2,1H3,(H,16,20). The van der Waals surface area contributed by atoms with Crippen LogP contribution in [0.3, 0.4) is 0 Å². The number of hydrogen-bond acceptors (Lipinski definition) is 4. The fourth-order valence-corrected chi connectivity index (χ4v) is 3.45. The number of nitrogens with one attached hydrogen (secondary N) is 1. The molecule has 1 aromatic rings. The highest BCUT2D eigenvalue weighted by atomic mass is 32.1. The highest BCUT2D eigenvalue weighted by molar-refractivity contribution is 7.09. The number of aliphatic hydroxyl groups excluding tert-OH is 1. The SMILES string of the molecule is CN(CCO)C(=O)NCC1CCCN(Cc2cccs2)C1. The lowest BCUT2D eigenvalue weighted by Gasteiger charge is -2.32. The van der Waals surface area contributed by atoms with Gasteiger partial charge in [0, 0.05) is 38.1 Å². The summed E-state index contributed by atoms with van der Waals surface area (Å²) in [6.07, 6.45) is 2.36. The van der Waals surface area contributed by atoms with Gasteiger partial charge in [0.15, 0.2) is 0 Å². The maximum Gasteiger partial charge on any atom is 0.317 e. The summed E-state index contributed by atoms with van der Waals surface area (Å²) >= 11 is 1.80. The van der Waals surface area contributed by atoms with E-state index in [0.717, 1.165) is 26.2 Å². The summed E-state index contributed by atoms with van der Waals surface area (Å²) in [7, 11) is 1.70. The first-order chi connectivity index (χ1) is 10.2. The van der Waals surface area contributed by atoms with Gasteiger partial charge in [0.1, 0.15) is 0 Å². The molecule has 21 heavy (non-hydrogen) atoms. The maximum atomic E-state index is 11.8. The summed E-state index contributed by atoms with van der Waals surface area (Å²) in [6, 6.07) is 4.18. The molecule has 0 aromatic carbocycles. The van der Waals surface area contributed by atoms with E-state index in [1.807, 2.05) is 0 Å². The molecule has 2 rings (SSSR count). The van der Waals surface area contributed by atoms with Gasteiger partial charge in [0.05, 0.1) is 6.61 Å². The van der Waals surface area contributed by atoms with E-state index in [9.17, 15) is 4.79 Å². The smallest absolute Gasteiger partial charge is 0.317 e. The average Bonchev–Trinajstić information content (AvgIpc) is 2.98. The van der Waals surface area contributed by atoms with E-state index in [1.54, 1.807) is 18.4 Å². The van der Waals surface area contributed by atoms with E-state index in [4.69, 9.17) is 5.11 Å². The molecule has 2 amide bonds. The zero-order valence-corrected chi connectivity index (χ0v) is 13.4. The summed E-state index contributed by atoms with van der Waals surface area (Å²) in [5, 5.41) is 13.9. The molecule has 0 saturated carbocycles. The van der Waals surface area contributed by atoms with Gasteiger partial charge in [0.25, 0.3) is 0 Å². The lowest BCUT2D eigenvalue weighted by atomic mass is 9.98. The Balaban J connectivity index is 1.72. The van der Waals surface area contributed by atoms with E-state index in [-0.39, 0.29) is 12.6 Å². The van der Waals surface area contributed by atoms with Crippen LogP contribution in [0.15, 0.2) is 17.5 Å². The Morgan fingerprint density at radius 3 is 3.19 bits per heavy atom. The molecule has 0 spiro atoms. The molecule has 118 valence electrons. The number of amides is 2. The number of hydrogen-bond donors (Lipinski definition) is 2. The molecule has 1 aliphatic rings. The summed E-state index contributed by atoms with van der Waals surface area (Å²) in [5.74, 6) is 0.519. The Morgan fingerprint density at radius 2 is 2.48 bits per heavy atom. The van der Waals surface area contributed by atoms with Crippen LogP contribution in [0.25, 0.3) is 0 Å². The number of thiophene rings is 1. The minimum atomic E-state index is -0.0977. The van der Waals surface area contributed by atoms with Gasteiger partial charge in [-0.3, -0.25) is 4.90 Å².